The van der Waals surface area contributed by atoms with E-state index in [0.717, 1.165) is 5.56 Å². The molecule has 10 heteroatoms. The zero-order valence-electron chi connectivity index (χ0n) is 18.7. The summed E-state index contributed by atoms with van der Waals surface area (Å²) in [6.45, 7) is 5.71. The molecule has 10 nitrogen and oxygen atoms in total. The topological polar surface area (TPSA) is 137 Å². The lowest BCUT2D eigenvalue weighted by atomic mass is 10.0. The van der Waals surface area contributed by atoms with Crippen LogP contribution in [0, 0.1) is 5.92 Å². The first kappa shape index (κ1) is 25.1. The Labute approximate surface area is 187 Å². The van der Waals surface area contributed by atoms with E-state index in [1.54, 1.807) is 0 Å². The molecule has 4 N–H and O–H groups in total. The highest BCUT2D eigenvalue weighted by molar-refractivity contribution is 5.93. The van der Waals surface area contributed by atoms with E-state index >= 15 is 0 Å². The van der Waals surface area contributed by atoms with E-state index in [4.69, 9.17) is 9.94 Å². The van der Waals surface area contributed by atoms with Gasteiger partial charge in [0, 0.05) is 6.54 Å². The molecular formula is C22H32N4O6. The van der Waals surface area contributed by atoms with Gasteiger partial charge >= 0.3 is 6.09 Å². The SMILES string of the molecule is CC(C)C[C@H](NC(=O)[C@H]1CCCN1C(=O)OCc1ccccc1)C(=O)N[C@H](C)C(=O)NO. The number of likely N-dealkylation sites (tertiary alicyclic amines) is 1. The lowest BCUT2D eigenvalue weighted by Gasteiger charge is -2.27. The minimum Gasteiger partial charge on any atom is -0.445 e. The van der Waals surface area contributed by atoms with E-state index in [9.17, 15) is 19.2 Å². The molecule has 1 fully saturated rings. The Balaban J connectivity index is 1.99. The molecule has 1 aromatic carbocycles. The number of amides is 4. The molecule has 0 spiro atoms. The van der Waals surface area contributed by atoms with Crippen LogP contribution in [0.25, 0.3) is 0 Å². The highest BCUT2D eigenvalue weighted by atomic mass is 16.6. The van der Waals surface area contributed by atoms with Gasteiger partial charge in [-0.05, 0) is 37.7 Å². The third-order valence-corrected chi connectivity index (χ3v) is 5.20. The molecule has 176 valence electrons. The fourth-order valence-electron chi connectivity index (χ4n) is 3.51. The minimum atomic E-state index is -0.977. The summed E-state index contributed by atoms with van der Waals surface area (Å²) in [4.78, 5) is 51.0. The van der Waals surface area contributed by atoms with Crippen molar-refractivity contribution in [2.75, 3.05) is 6.54 Å². The van der Waals surface area contributed by atoms with Gasteiger partial charge in [-0.3, -0.25) is 24.5 Å². The maximum Gasteiger partial charge on any atom is 0.410 e. The zero-order valence-corrected chi connectivity index (χ0v) is 18.7. The second-order valence-corrected chi connectivity index (χ2v) is 8.29. The molecule has 32 heavy (non-hydrogen) atoms. The monoisotopic (exact) mass is 448 g/mol. The van der Waals surface area contributed by atoms with Crippen LogP contribution in [0.1, 0.15) is 45.6 Å². The molecule has 0 unspecified atom stereocenters. The molecule has 0 radical (unpaired) electrons. The van der Waals surface area contributed by atoms with Crippen molar-refractivity contribution in [3.05, 3.63) is 35.9 Å². The van der Waals surface area contributed by atoms with Crippen molar-refractivity contribution in [3.63, 3.8) is 0 Å². The van der Waals surface area contributed by atoms with Crippen LogP contribution in [0.15, 0.2) is 30.3 Å². The molecule has 4 amide bonds. The molecule has 1 heterocycles. The van der Waals surface area contributed by atoms with Gasteiger partial charge in [0.2, 0.25) is 11.8 Å². The number of nitrogens with one attached hydrogen (secondary N) is 3. The van der Waals surface area contributed by atoms with E-state index in [0.29, 0.717) is 25.8 Å². The first-order valence-electron chi connectivity index (χ1n) is 10.7. The zero-order chi connectivity index (χ0) is 23.7. The smallest absolute Gasteiger partial charge is 0.410 e. The second kappa shape index (κ2) is 12.0. The predicted octanol–water partition coefficient (Wildman–Crippen LogP) is 1.33. The molecule has 1 aromatic rings. The van der Waals surface area contributed by atoms with E-state index in [1.165, 1.54) is 17.3 Å². The molecular weight excluding hydrogens is 416 g/mol. The number of rotatable bonds is 9. The Bertz CT molecular complexity index is 801. The van der Waals surface area contributed by atoms with Gasteiger partial charge in [-0.25, -0.2) is 10.3 Å². The van der Waals surface area contributed by atoms with Gasteiger partial charge < -0.3 is 15.4 Å². The maximum absolute atomic E-state index is 12.9. The van der Waals surface area contributed by atoms with Gasteiger partial charge in [0.1, 0.15) is 24.7 Å². The lowest BCUT2D eigenvalue weighted by Crippen LogP contribution is -2.56. The number of hydrogen-bond donors (Lipinski definition) is 4. The average Bonchev–Trinajstić information content (AvgIpc) is 3.27. The highest BCUT2D eigenvalue weighted by Gasteiger charge is 2.37. The fraction of sp³-hybridized carbons (Fsp3) is 0.545. The van der Waals surface area contributed by atoms with E-state index in [2.05, 4.69) is 10.6 Å². The summed E-state index contributed by atoms with van der Waals surface area (Å²) < 4.78 is 5.36. The summed E-state index contributed by atoms with van der Waals surface area (Å²) in [6, 6.07) is 6.64. The average molecular weight is 449 g/mol. The highest BCUT2D eigenvalue weighted by Crippen LogP contribution is 2.20. The molecule has 0 saturated carbocycles. The van der Waals surface area contributed by atoms with Crippen LogP contribution >= 0.6 is 0 Å². The van der Waals surface area contributed by atoms with Gasteiger partial charge in [0.15, 0.2) is 0 Å². The minimum absolute atomic E-state index is 0.0866. The third-order valence-electron chi connectivity index (χ3n) is 5.20. The van der Waals surface area contributed by atoms with Crippen LogP contribution in [0.5, 0.6) is 0 Å². The Morgan fingerprint density at radius 1 is 1.09 bits per heavy atom. The summed E-state index contributed by atoms with van der Waals surface area (Å²) in [5, 5.41) is 13.9. The summed E-state index contributed by atoms with van der Waals surface area (Å²) in [7, 11) is 0. The number of hydroxylamine groups is 1. The fourth-order valence-corrected chi connectivity index (χ4v) is 3.51. The van der Waals surface area contributed by atoms with Crippen molar-refractivity contribution in [1.29, 1.82) is 0 Å². The van der Waals surface area contributed by atoms with Crippen molar-refractivity contribution >= 4 is 23.8 Å². The molecule has 1 aliphatic heterocycles. The van der Waals surface area contributed by atoms with Gasteiger partial charge in [0.25, 0.3) is 5.91 Å². The Kier molecular flexibility index (Phi) is 9.45. The molecule has 3 atom stereocenters. The molecule has 2 rings (SSSR count). The summed E-state index contributed by atoms with van der Waals surface area (Å²) >= 11 is 0. The molecule has 0 bridgehead atoms. The normalized spacial score (nSPS) is 17.4. The Morgan fingerprint density at radius 2 is 1.78 bits per heavy atom. The van der Waals surface area contributed by atoms with Gasteiger partial charge in [-0.1, -0.05) is 44.2 Å². The number of nitrogens with zero attached hydrogens (tertiary/aromatic N) is 1. The van der Waals surface area contributed by atoms with Crippen LogP contribution in [0.2, 0.25) is 0 Å². The van der Waals surface area contributed by atoms with Crippen molar-refractivity contribution in [2.24, 2.45) is 5.92 Å². The Hall–Kier alpha value is -3.14. The molecule has 0 aliphatic carbocycles. The number of carbonyl (C=O) groups is 4. The van der Waals surface area contributed by atoms with E-state index in [1.807, 2.05) is 44.2 Å². The molecule has 1 saturated heterocycles. The molecule has 0 aromatic heterocycles. The molecule has 1 aliphatic rings. The number of hydrogen-bond acceptors (Lipinski definition) is 6. The number of ether oxygens (including phenoxy) is 1. The quantitative estimate of drug-likeness (QED) is 0.332. The summed E-state index contributed by atoms with van der Waals surface area (Å²) in [5.41, 5.74) is 2.32. The maximum atomic E-state index is 12.9. The number of benzene rings is 1. The lowest BCUT2D eigenvalue weighted by molar-refractivity contribution is -0.136. The van der Waals surface area contributed by atoms with Gasteiger partial charge in [0.05, 0.1) is 0 Å². The van der Waals surface area contributed by atoms with Gasteiger partial charge in [-0.2, -0.15) is 0 Å². The third kappa shape index (κ3) is 7.23. The van der Waals surface area contributed by atoms with Crippen molar-refractivity contribution in [1.82, 2.24) is 21.0 Å². The first-order chi connectivity index (χ1) is 15.2. The first-order valence-corrected chi connectivity index (χ1v) is 10.7. The van der Waals surface area contributed by atoms with Crippen molar-refractivity contribution < 1.29 is 29.1 Å². The van der Waals surface area contributed by atoms with Crippen LogP contribution < -0.4 is 16.1 Å². The Morgan fingerprint density at radius 3 is 2.41 bits per heavy atom. The largest absolute Gasteiger partial charge is 0.445 e. The second-order valence-electron chi connectivity index (χ2n) is 8.29. The predicted molar refractivity (Wildman–Crippen MR) is 115 cm³/mol. The van der Waals surface area contributed by atoms with Crippen LogP contribution in [0.4, 0.5) is 4.79 Å². The van der Waals surface area contributed by atoms with Gasteiger partial charge in [-0.15, -0.1) is 0 Å². The van der Waals surface area contributed by atoms with E-state index in [-0.39, 0.29) is 12.5 Å². The van der Waals surface area contributed by atoms with E-state index < -0.39 is 41.9 Å². The van der Waals surface area contributed by atoms with Crippen LogP contribution in [-0.2, 0) is 25.7 Å². The van der Waals surface area contributed by atoms with Crippen molar-refractivity contribution in [3.8, 4) is 0 Å². The van der Waals surface area contributed by atoms with Crippen LogP contribution in [-0.4, -0.2) is 58.6 Å². The number of carbonyl (C=O) groups excluding carboxylic acids is 4. The summed E-state index contributed by atoms with van der Waals surface area (Å²) in [6.07, 6.45) is 0.874. The van der Waals surface area contributed by atoms with Crippen LogP contribution in [0.3, 0.4) is 0 Å². The van der Waals surface area contributed by atoms with Crippen molar-refractivity contribution in [2.45, 2.75) is 64.8 Å². The standard InChI is InChI=1S/C22H32N4O6/c1-14(2)12-17(20(28)23-15(3)19(27)25-31)24-21(29)18-10-7-11-26(18)22(30)32-13-16-8-5-4-6-9-16/h4-6,8-9,14-15,17-18,31H,7,10-13H2,1-3H3,(H,23,28)(H,24,29)(H,25,27)/t15-,17+,18-/m1/s1. The summed E-state index contributed by atoms with van der Waals surface area (Å²) in [5.74, 6) is -1.67.